The lowest BCUT2D eigenvalue weighted by Gasteiger charge is -2.02. The minimum Gasteiger partial charge on any atom is -0.401 e. The fourth-order valence-corrected chi connectivity index (χ4v) is 0.746. The summed E-state index contributed by atoms with van der Waals surface area (Å²) in [5.41, 5.74) is 7.62. The van der Waals surface area contributed by atoms with Crippen LogP contribution in [0.15, 0.2) is 23.4 Å². The summed E-state index contributed by atoms with van der Waals surface area (Å²) in [6.07, 6.45) is 1.20. The highest BCUT2D eigenvalue weighted by Gasteiger charge is 1.97. The SMILES string of the molecule is C=C(C)C(C=N)=C(N)CS. The molecule has 3 heteroatoms. The third-order valence-corrected chi connectivity index (χ3v) is 1.46. The molecule has 0 saturated carbocycles. The maximum Gasteiger partial charge on any atom is 0.0307 e. The van der Waals surface area contributed by atoms with Crippen LogP contribution in [0.3, 0.4) is 0 Å². The average molecular weight is 156 g/mol. The number of rotatable bonds is 3. The van der Waals surface area contributed by atoms with E-state index in [1.807, 2.05) is 6.92 Å². The lowest BCUT2D eigenvalue weighted by atomic mass is 10.1. The van der Waals surface area contributed by atoms with Crippen molar-refractivity contribution >= 4 is 18.8 Å². The first kappa shape index (κ1) is 9.30. The van der Waals surface area contributed by atoms with Gasteiger partial charge in [0.2, 0.25) is 0 Å². The first-order chi connectivity index (χ1) is 4.63. The van der Waals surface area contributed by atoms with Crippen molar-refractivity contribution in [3.63, 3.8) is 0 Å². The Bertz CT molecular complexity index is 182. The van der Waals surface area contributed by atoms with Gasteiger partial charge in [-0.1, -0.05) is 6.58 Å². The molecule has 2 nitrogen and oxygen atoms in total. The smallest absolute Gasteiger partial charge is 0.0307 e. The van der Waals surface area contributed by atoms with Crippen LogP contribution in [0.2, 0.25) is 0 Å². The van der Waals surface area contributed by atoms with E-state index in [0.29, 0.717) is 17.0 Å². The van der Waals surface area contributed by atoms with Crippen LogP contribution < -0.4 is 5.73 Å². The summed E-state index contributed by atoms with van der Waals surface area (Å²) < 4.78 is 0. The zero-order valence-corrected chi connectivity index (χ0v) is 6.91. The van der Waals surface area contributed by atoms with Gasteiger partial charge in [0.25, 0.3) is 0 Å². The van der Waals surface area contributed by atoms with Gasteiger partial charge in [-0.3, -0.25) is 0 Å². The second-order valence-corrected chi connectivity index (χ2v) is 2.34. The molecule has 0 unspecified atom stereocenters. The highest BCUT2D eigenvalue weighted by atomic mass is 32.1. The monoisotopic (exact) mass is 156 g/mol. The van der Waals surface area contributed by atoms with Crippen LogP contribution in [0.25, 0.3) is 0 Å². The molecule has 0 rings (SSSR count). The van der Waals surface area contributed by atoms with E-state index in [1.165, 1.54) is 6.21 Å². The van der Waals surface area contributed by atoms with Gasteiger partial charge in [-0.2, -0.15) is 12.6 Å². The van der Waals surface area contributed by atoms with E-state index in [4.69, 9.17) is 11.1 Å². The molecule has 56 valence electrons. The van der Waals surface area contributed by atoms with E-state index >= 15 is 0 Å². The van der Waals surface area contributed by atoms with Crippen LogP contribution in [-0.2, 0) is 0 Å². The molecule has 0 aliphatic heterocycles. The summed E-state index contributed by atoms with van der Waals surface area (Å²) >= 11 is 3.98. The molecule has 0 aromatic heterocycles. The second kappa shape index (κ2) is 4.17. The fourth-order valence-electron chi connectivity index (χ4n) is 0.575. The van der Waals surface area contributed by atoms with E-state index in [-0.39, 0.29) is 0 Å². The zero-order valence-electron chi connectivity index (χ0n) is 6.02. The molecule has 0 amide bonds. The van der Waals surface area contributed by atoms with E-state index in [1.54, 1.807) is 0 Å². The van der Waals surface area contributed by atoms with Crippen molar-refractivity contribution in [1.82, 2.24) is 0 Å². The van der Waals surface area contributed by atoms with Crippen molar-refractivity contribution in [3.8, 4) is 0 Å². The summed E-state index contributed by atoms with van der Waals surface area (Å²) in [7, 11) is 0. The van der Waals surface area contributed by atoms with Gasteiger partial charge >= 0.3 is 0 Å². The Morgan fingerprint density at radius 1 is 1.80 bits per heavy atom. The molecule has 0 aromatic rings. The van der Waals surface area contributed by atoms with Crippen LogP contribution in [0.1, 0.15) is 6.92 Å². The number of nitrogens with two attached hydrogens (primary N) is 1. The van der Waals surface area contributed by atoms with E-state index in [0.717, 1.165) is 5.57 Å². The highest BCUT2D eigenvalue weighted by molar-refractivity contribution is 7.80. The van der Waals surface area contributed by atoms with E-state index in [9.17, 15) is 0 Å². The van der Waals surface area contributed by atoms with Gasteiger partial charge in [0, 0.05) is 23.2 Å². The Labute approximate surface area is 66.7 Å². The quantitative estimate of drug-likeness (QED) is 0.322. The summed E-state index contributed by atoms with van der Waals surface area (Å²) in [4.78, 5) is 0. The largest absolute Gasteiger partial charge is 0.401 e. The van der Waals surface area contributed by atoms with Crippen LogP contribution in [0.5, 0.6) is 0 Å². The summed E-state index contributed by atoms with van der Waals surface area (Å²) in [6.45, 7) is 5.49. The van der Waals surface area contributed by atoms with Crippen molar-refractivity contribution in [2.24, 2.45) is 5.73 Å². The number of allylic oxidation sites excluding steroid dienone is 2. The first-order valence-corrected chi connectivity index (χ1v) is 3.52. The molecular weight excluding hydrogens is 144 g/mol. The standard InChI is InChI=1S/C7H12N2S/c1-5(2)6(3-8)7(9)4-10/h3,8,10H,1,4,9H2,2H3. The van der Waals surface area contributed by atoms with Gasteiger partial charge in [0.05, 0.1) is 0 Å². The Hall–Kier alpha value is -0.700. The predicted molar refractivity (Wildman–Crippen MR) is 48.7 cm³/mol. The summed E-state index contributed by atoms with van der Waals surface area (Å²) in [5.74, 6) is 0.470. The molecule has 0 heterocycles. The van der Waals surface area contributed by atoms with Gasteiger partial charge in [0.15, 0.2) is 0 Å². The third-order valence-electron chi connectivity index (χ3n) is 1.12. The summed E-state index contributed by atoms with van der Waals surface area (Å²) in [6, 6.07) is 0. The first-order valence-electron chi connectivity index (χ1n) is 2.89. The molecule has 0 atom stereocenters. The maximum absolute atomic E-state index is 6.97. The van der Waals surface area contributed by atoms with Gasteiger partial charge in [-0.25, -0.2) is 0 Å². The van der Waals surface area contributed by atoms with Gasteiger partial charge in [-0.05, 0) is 12.5 Å². The predicted octanol–water partition coefficient (Wildman–Crippen LogP) is 1.35. The fraction of sp³-hybridized carbons (Fsp3) is 0.286. The number of thiol groups is 1. The molecule has 0 bridgehead atoms. The Morgan fingerprint density at radius 2 is 2.30 bits per heavy atom. The number of hydrogen-bond acceptors (Lipinski definition) is 3. The average Bonchev–Trinajstić information content (AvgIpc) is 1.88. The second-order valence-electron chi connectivity index (χ2n) is 2.02. The minimum absolute atomic E-state index is 0.470. The van der Waals surface area contributed by atoms with Crippen molar-refractivity contribution in [3.05, 3.63) is 23.4 Å². The molecule has 0 aliphatic carbocycles. The van der Waals surface area contributed by atoms with Crippen molar-refractivity contribution in [1.29, 1.82) is 5.41 Å². The Balaban J connectivity index is 4.62. The topological polar surface area (TPSA) is 49.9 Å². The molecule has 10 heavy (non-hydrogen) atoms. The number of hydrogen-bond donors (Lipinski definition) is 3. The Morgan fingerprint density at radius 3 is 2.40 bits per heavy atom. The summed E-state index contributed by atoms with van der Waals surface area (Å²) in [5, 5.41) is 6.97. The van der Waals surface area contributed by atoms with Crippen LogP contribution >= 0.6 is 12.6 Å². The lowest BCUT2D eigenvalue weighted by molar-refractivity contribution is 1.27. The van der Waals surface area contributed by atoms with Crippen LogP contribution in [0, 0.1) is 5.41 Å². The van der Waals surface area contributed by atoms with Crippen LogP contribution in [-0.4, -0.2) is 12.0 Å². The zero-order chi connectivity index (χ0) is 8.15. The Kier molecular flexibility index (Phi) is 3.88. The van der Waals surface area contributed by atoms with Crippen LogP contribution in [0.4, 0.5) is 0 Å². The molecule has 0 spiro atoms. The molecule has 0 saturated heterocycles. The van der Waals surface area contributed by atoms with Gasteiger partial charge in [-0.15, -0.1) is 0 Å². The lowest BCUT2D eigenvalue weighted by Crippen LogP contribution is -2.05. The minimum atomic E-state index is 0.470. The molecule has 0 radical (unpaired) electrons. The number of nitrogens with one attached hydrogen (secondary N) is 1. The van der Waals surface area contributed by atoms with E-state index in [2.05, 4.69) is 19.2 Å². The molecule has 3 N–H and O–H groups in total. The highest BCUT2D eigenvalue weighted by Crippen LogP contribution is 2.06. The van der Waals surface area contributed by atoms with Crippen molar-refractivity contribution in [2.75, 3.05) is 5.75 Å². The third kappa shape index (κ3) is 2.27. The molecule has 0 aromatic carbocycles. The molecule has 0 fully saturated rings. The molecular formula is C7H12N2S. The maximum atomic E-state index is 6.97. The van der Waals surface area contributed by atoms with E-state index < -0.39 is 0 Å². The molecule has 0 aliphatic rings. The van der Waals surface area contributed by atoms with Crippen molar-refractivity contribution < 1.29 is 0 Å². The van der Waals surface area contributed by atoms with Gasteiger partial charge in [0.1, 0.15) is 0 Å². The van der Waals surface area contributed by atoms with Crippen molar-refractivity contribution in [2.45, 2.75) is 6.92 Å². The van der Waals surface area contributed by atoms with Gasteiger partial charge < -0.3 is 11.1 Å². The normalized spacial score (nSPS) is 12.2.